The lowest BCUT2D eigenvalue weighted by Crippen LogP contribution is -2.59. The van der Waals surface area contributed by atoms with E-state index in [0.717, 1.165) is 6.92 Å². The summed E-state index contributed by atoms with van der Waals surface area (Å²) in [7, 11) is 0. The van der Waals surface area contributed by atoms with Crippen LogP contribution in [0.1, 0.15) is 6.92 Å². The van der Waals surface area contributed by atoms with Crippen LogP contribution in [0, 0.1) is 0 Å². The number of hydrogen-bond donors (Lipinski definition) is 2. The molecule has 0 saturated heterocycles. The van der Waals surface area contributed by atoms with Crippen molar-refractivity contribution in [1.82, 2.24) is 0 Å². The van der Waals surface area contributed by atoms with Crippen LogP contribution in [0.3, 0.4) is 0 Å². The van der Waals surface area contributed by atoms with Crippen LogP contribution in [-0.2, 0) is 4.79 Å². The van der Waals surface area contributed by atoms with E-state index < -0.39 is 16.3 Å². The van der Waals surface area contributed by atoms with Gasteiger partial charge in [0.05, 0.1) is 0 Å². The average molecular weight is 217 g/mol. The zero-order valence-corrected chi connectivity index (χ0v) is 6.78. The summed E-state index contributed by atoms with van der Waals surface area (Å²) in [5.41, 5.74) is 7.11. The Bertz CT molecular complexity index is 154. The molecule has 0 aromatic heterocycles. The maximum Gasteiger partial charge on any atom is 0.327 e. The lowest BCUT2D eigenvalue weighted by Gasteiger charge is -2.25. The van der Waals surface area contributed by atoms with Gasteiger partial charge in [0.25, 0.3) is 0 Å². The molecule has 10 heavy (non-hydrogen) atoms. The van der Waals surface area contributed by atoms with Crippen LogP contribution in [0.2, 0.25) is 0 Å². The number of carbonyl (C=O) groups is 1. The predicted molar refractivity (Wildman–Crippen MR) is 35.7 cm³/mol. The Morgan fingerprint density at radius 1 is 1.60 bits per heavy atom. The summed E-state index contributed by atoms with van der Waals surface area (Å²) in [4.78, 5) is 6.79. The molecule has 0 radical (unpaired) electrons. The number of primary amides is 1. The first kappa shape index (κ1) is 9.77. The van der Waals surface area contributed by atoms with Crippen molar-refractivity contribution in [1.29, 1.82) is 0 Å². The van der Waals surface area contributed by atoms with Crippen LogP contribution in [-0.4, -0.2) is 16.3 Å². The number of halogens is 3. The molecule has 0 bridgehead atoms. The van der Waals surface area contributed by atoms with Crippen LogP contribution in [0.5, 0.6) is 0 Å². The zero-order chi connectivity index (χ0) is 8.58. The molecule has 4 N–H and O–H groups in total. The molecule has 0 aromatic rings. The van der Waals surface area contributed by atoms with Crippen molar-refractivity contribution >= 4 is 21.8 Å². The highest BCUT2D eigenvalue weighted by atomic mass is 79.9. The van der Waals surface area contributed by atoms with Crippen molar-refractivity contribution in [2.75, 3.05) is 0 Å². The molecule has 0 spiro atoms. The Morgan fingerprint density at radius 3 is 1.90 bits per heavy atom. The van der Waals surface area contributed by atoms with Crippen molar-refractivity contribution < 1.29 is 13.6 Å². The Labute approximate surface area is 64.9 Å². The third kappa shape index (κ3) is 1.63. The lowest BCUT2D eigenvalue weighted by atomic mass is 10.1. The van der Waals surface area contributed by atoms with E-state index in [-0.39, 0.29) is 0 Å². The molecule has 6 heteroatoms. The first-order chi connectivity index (χ1) is 4.19. The second kappa shape index (κ2) is 2.43. The molecule has 60 valence electrons. The molecule has 0 aliphatic rings. The van der Waals surface area contributed by atoms with Gasteiger partial charge in [-0.2, -0.15) is 8.78 Å². The van der Waals surface area contributed by atoms with E-state index in [9.17, 15) is 13.6 Å². The predicted octanol–water partition coefficient (Wildman–Crippen LogP) is 0.177. The fourth-order valence-electron chi connectivity index (χ4n) is 0.140. The molecular weight excluding hydrogens is 210 g/mol. The van der Waals surface area contributed by atoms with Gasteiger partial charge in [-0.15, -0.1) is 0 Å². The fourth-order valence-corrected chi connectivity index (χ4v) is 0.335. The molecule has 0 saturated carbocycles. The van der Waals surface area contributed by atoms with Gasteiger partial charge in [-0.05, 0) is 22.9 Å². The third-order valence-electron chi connectivity index (χ3n) is 1.10. The smallest absolute Gasteiger partial charge is 0.327 e. The van der Waals surface area contributed by atoms with Crippen LogP contribution in [0.4, 0.5) is 8.78 Å². The van der Waals surface area contributed by atoms with Crippen LogP contribution in [0.15, 0.2) is 0 Å². The molecule has 1 atom stereocenters. The van der Waals surface area contributed by atoms with Gasteiger partial charge in [-0.25, -0.2) is 0 Å². The largest absolute Gasteiger partial charge is 0.368 e. The minimum atomic E-state index is -3.47. The molecule has 1 unspecified atom stereocenters. The molecule has 0 rings (SSSR count). The van der Waals surface area contributed by atoms with Crippen molar-refractivity contribution in [3.63, 3.8) is 0 Å². The summed E-state index contributed by atoms with van der Waals surface area (Å²) in [6.45, 7) is 0.851. The summed E-state index contributed by atoms with van der Waals surface area (Å²) >= 11 is 1.94. The molecule has 1 amide bonds. The molecule has 0 aliphatic carbocycles. The summed E-state index contributed by atoms with van der Waals surface area (Å²) in [6.07, 6.45) is 0. The first-order valence-electron chi connectivity index (χ1n) is 2.35. The maximum absolute atomic E-state index is 12.2. The molecular formula is C4H7BrF2N2O. The van der Waals surface area contributed by atoms with Crippen LogP contribution in [0.25, 0.3) is 0 Å². The van der Waals surface area contributed by atoms with E-state index in [1.165, 1.54) is 0 Å². The zero-order valence-electron chi connectivity index (χ0n) is 5.20. The highest BCUT2D eigenvalue weighted by molar-refractivity contribution is 9.10. The molecule has 0 aromatic carbocycles. The minimum absolute atomic E-state index is 0.851. The van der Waals surface area contributed by atoms with Gasteiger partial charge in [-0.1, -0.05) is 0 Å². The van der Waals surface area contributed by atoms with Gasteiger partial charge in [-0.3, -0.25) is 4.79 Å². The van der Waals surface area contributed by atoms with Gasteiger partial charge < -0.3 is 11.5 Å². The maximum atomic E-state index is 12.2. The van der Waals surface area contributed by atoms with E-state index in [4.69, 9.17) is 5.73 Å². The number of nitrogens with two attached hydrogens (primary N) is 2. The first-order valence-corrected chi connectivity index (χ1v) is 3.14. The van der Waals surface area contributed by atoms with Crippen molar-refractivity contribution in [3.8, 4) is 0 Å². The quantitative estimate of drug-likeness (QED) is 0.647. The standard InChI is InChI=1S/C4H7BrF2N2O/c1-3(9,2(8)10)4(5,6)7/h9H2,1H3,(H2,8,10). The van der Waals surface area contributed by atoms with E-state index in [2.05, 4.69) is 5.73 Å². The summed E-state index contributed by atoms with van der Waals surface area (Å²) < 4.78 is 24.5. The van der Waals surface area contributed by atoms with Crippen LogP contribution < -0.4 is 11.5 Å². The minimum Gasteiger partial charge on any atom is -0.368 e. The highest BCUT2D eigenvalue weighted by Gasteiger charge is 2.49. The number of hydrogen-bond acceptors (Lipinski definition) is 2. The van der Waals surface area contributed by atoms with Gasteiger partial charge in [0, 0.05) is 0 Å². The van der Waals surface area contributed by atoms with E-state index in [0.29, 0.717) is 0 Å². The Hall–Kier alpha value is -0.230. The summed E-state index contributed by atoms with van der Waals surface area (Å²) in [6, 6.07) is 0. The van der Waals surface area contributed by atoms with Gasteiger partial charge in [0.15, 0.2) is 5.54 Å². The van der Waals surface area contributed by atoms with Gasteiger partial charge >= 0.3 is 4.83 Å². The molecule has 3 nitrogen and oxygen atoms in total. The summed E-state index contributed by atoms with van der Waals surface area (Å²) in [5, 5.41) is 0. The normalized spacial score (nSPS) is 18.1. The van der Waals surface area contributed by atoms with Crippen molar-refractivity contribution in [2.45, 2.75) is 17.3 Å². The molecule has 0 heterocycles. The number of rotatable bonds is 2. The van der Waals surface area contributed by atoms with Crippen molar-refractivity contribution in [2.24, 2.45) is 11.5 Å². The van der Waals surface area contributed by atoms with Crippen molar-refractivity contribution in [3.05, 3.63) is 0 Å². The number of alkyl halides is 3. The highest BCUT2D eigenvalue weighted by Crippen LogP contribution is 2.32. The molecule has 0 fully saturated rings. The fraction of sp³-hybridized carbons (Fsp3) is 0.750. The summed E-state index contributed by atoms with van der Waals surface area (Å²) in [5.74, 6) is -1.26. The Morgan fingerprint density at radius 2 is 1.90 bits per heavy atom. The van der Waals surface area contributed by atoms with E-state index in [1.54, 1.807) is 0 Å². The van der Waals surface area contributed by atoms with E-state index >= 15 is 0 Å². The monoisotopic (exact) mass is 216 g/mol. The SMILES string of the molecule is CC(N)(C(N)=O)C(F)(F)Br. The molecule has 0 aliphatic heterocycles. The Kier molecular flexibility index (Phi) is 2.37. The average Bonchev–Trinajstić information content (AvgIpc) is 1.62. The Balaban J connectivity index is 4.57. The van der Waals surface area contributed by atoms with Gasteiger partial charge in [0.2, 0.25) is 5.91 Å². The second-order valence-electron chi connectivity index (χ2n) is 2.06. The number of amides is 1. The lowest BCUT2D eigenvalue weighted by molar-refractivity contribution is -0.129. The second-order valence-corrected chi connectivity index (χ2v) is 3.06. The van der Waals surface area contributed by atoms with Crippen LogP contribution >= 0.6 is 15.9 Å². The van der Waals surface area contributed by atoms with E-state index in [1.807, 2.05) is 15.9 Å². The van der Waals surface area contributed by atoms with Gasteiger partial charge in [0.1, 0.15) is 0 Å². The number of carbonyl (C=O) groups excluding carboxylic acids is 1. The topological polar surface area (TPSA) is 69.1 Å². The third-order valence-corrected chi connectivity index (χ3v) is 1.92.